The first kappa shape index (κ1) is 15.6. The molecule has 1 amide bonds. The van der Waals surface area contributed by atoms with Gasteiger partial charge in [0.05, 0.1) is 10.6 Å². The van der Waals surface area contributed by atoms with E-state index in [9.17, 15) is 4.79 Å². The van der Waals surface area contributed by atoms with Gasteiger partial charge in [0.25, 0.3) is 5.91 Å². The van der Waals surface area contributed by atoms with Crippen molar-refractivity contribution in [3.63, 3.8) is 0 Å². The van der Waals surface area contributed by atoms with Gasteiger partial charge in [0.1, 0.15) is 0 Å². The lowest BCUT2D eigenvalue weighted by Gasteiger charge is -2.29. The lowest BCUT2D eigenvalue weighted by atomic mass is 9.98. The number of hydrogen-bond donors (Lipinski definition) is 1. The first-order valence-electron chi connectivity index (χ1n) is 7.07. The molecule has 0 saturated carbocycles. The van der Waals surface area contributed by atoms with Crippen LogP contribution in [0.25, 0.3) is 0 Å². The second-order valence-corrected chi connectivity index (χ2v) is 6.02. The fraction of sp³-hybridized carbons (Fsp3) is 0.533. The molecule has 110 valence electrons. The molecular formula is C15H20Cl2N2O. The number of piperidine rings is 1. The molecule has 1 aliphatic rings. The van der Waals surface area contributed by atoms with Gasteiger partial charge in [-0.15, -0.1) is 0 Å². The zero-order chi connectivity index (χ0) is 14.5. The lowest BCUT2D eigenvalue weighted by Crippen LogP contribution is -2.41. The molecule has 1 aromatic carbocycles. The fourth-order valence-corrected chi connectivity index (χ4v) is 2.95. The molecule has 1 atom stereocenters. The summed E-state index contributed by atoms with van der Waals surface area (Å²) in [6, 6.07) is 5.02. The van der Waals surface area contributed by atoms with E-state index in [1.807, 2.05) is 11.8 Å². The summed E-state index contributed by atoms with van der Waals surface area (Å²) in [7, 11) is 0. The summed E-state index contributed by atoms with van der Waals surface area (Å²) < 4.78 is 0. The van der Waals surface area contributed by atoms with E-state index < -0.39 is 0 Å². The summed E-state index contributed by atoms with van der Waals surface area (Å²) in [4.78, 5) is 14.4. The van der Waals surface area contributed by atoms with E-state index in [1.54, 1.807) is 18.2 Å². The molecule has 2 rings (SSSR count). The second kappa shape index (κ2) is 7.30. The predicted octanol–water partition coefficient (Wildman–Crippen LogP) is 3.46. The topological polar surface area (TPSA) is 32.3 Å². The Kier molecular flexibility index (Phi) is 5.70. The molecule has 1 unspecified atom stereocenters. The smallest absolute Gasteiger partial charge is 0.255 e. The molecular weight excluding hydrogens is 295 g/mol. The van der Waals surface area contributed by atoms with E-state index in [2.05, 4.69) is 5.32 Å². The van der Waals surface area contributed by atoms with Gasteiger partial charge in [-0.25, -0.2) is 0 Å². The highest BCUT2D eigenvalue weighted by Gasteiger charge is 2.22. The van der Waals surface area contributed by atoms with Crippen molar-refractivity contribution in [2.24, 2.45) is 5.92 Å². The number of hydrogen-bond acceptors (Lipinski definition) is 2. The Balaban J connectivity index is 2.09. The van der Waals surface area contributed by atoms with E-state index in [0.29, 0.717) is 28.1 Å². The number of nitrogens with zero attached hydrogens (tertiary/aromatic N) is 1. The lowest BCUT2D eigenvalue weighted by molar-refractivity contribution is 0.0729. The normalized spacial score (nSPS) is 18.9. The van der Waals surface area contributed by atoms with Crippen LogP contribution in [0.3, 0.4) is 0 Å². The van der Waals surface area contributed by atoms with Crippen molar-refractivity contribution >= 4 is 29.1 Å². The molecule has 5 heteroatoms. The van der Waals surface area contributed by atoms with Gasteiger partial charge in [-0.05, 0) is 57.0 Å². The zero-order valence-corrected chi connectivity index (χ0v) is 13.2. The van der Waals surface area contributed by atoms with Crippen molar-refractivity contribution in [2.75, 3.05) is 26.2 Å². The Hall–Kier alpha value is -0.770. The molecule has 0 aromatic heterocycles. The zero-order valence-electron chi connectivity index (χ0n) is 11.7. The third-order valence-electron chi connectivity index (χ3n) is 3.71. The van der Waals surface area contributed by atoms with E-state index in [4.69, 9.17) is 23.2 Å². The first-order valence-corrected chi connectivity index (χ1v) is 7.82. The van der Waals surface area contributed by atoms with Crippen molar-refractivity contribution in [3.8, 4) is 0 Å². The van der Waals surface area contributed by atoms with Crippen LogP contribution >= 0.6 is 23.2 Å². The van der Waals surface area contributed by atoms with Crippen LogP contribution in [0.2, 0.25) is 10.0 Å². The van der Waals surface area contributed by atoms with Crippen LogP contribution in [-0.4, -0.2) is 37.0 Å². The molecule has 3 nitrogen and oxygen atoms in total. The Morgan fingerprint density at radius 3 is 2.90 bits per heavy atom. The molecule has 20 heavy (non-hydrogen) atoms. The van der Waals surface area contributed by atoms with Crippen molar-refractivity contribution in [3.05, 3.63) is 33.8 Å². The number of carbonyl (C=O) groups excluding carboxylic acids is 1. The quantitative estimate of drug-likeness (QED) is 0.923. The number of nitrogens with one attached hydrogen (secondary N) is 1. The van der Waals surface area contributed by atoms with E-state index in [-0.39, 0.29) is 5.91 Å². The summed E-state index contributed by atoms with van der Waals surface area (Å²) in [5, 5.41) is 4.37. The third-order valence-corrected chi connectivity index (χ3v) is 4.27. The molecule has 0 bridgehead atoms. The van der Waals surface area contributed by atoms with Crippen LogP contribution in [0.5, 0.6) is 0 Å². The minimum absolute atomic E-state index is 0.0365. The van der Waals surface area contributed by atoms with Crippen molar-refractivity contribution in [1.29, 1.82) is 0 Å². The van der Waals surface area contributed by atoms with Gasteiger partial charge >= 0.3 is 0 Å². The Morgan fingerprint density at radius 2 is 2.25 bits per heavy atom. The second-order valence-electron chi connectivity index (χ2n) is 5.18. The van der Waals surface area contributed by atoms with Crippen LogP contribution in [0.15, 0.2) is 18.2 Å². The maximum absolute atomic E-state index is 12.6. The Bertz CT molecular complexity index is 473. The number of rotatable bonds is 4. The van der Waals surface area contributed by atoms with Gasteiger partial charge in [-0.3, -0.25) is 4.79 Å². The molecule has 1 saturated heterocycles. The van der Waals surface area contributed by atoms with Crippen molar-refractivity contribution < 1.29 is 4.79 Å². The van der Waals surface area contributed by atoms with Crippen molar-refractivity contribution in [1.82, 2.24) is 10.2 Å². The average Bonchev–Trinajstić information content (AvgIpc) is 2.47. The monoisotopic (exact) mass is 314 g/mol. The summed E-state index contributed by atoms with van der Waals surface area (Å²) in [6.45, 7) is 5.50. The minimum atomic E-state index is -0.0365. The number of benzene rings is 1. The van der Waals surface area contributed by atoms with Gasteiger partial charge in [-0.1, -0.05) is 23.2 Å². The van der Waals surface area contributed by atoms with Crippen molar-refractivity contribution in [2.45, 2.75) is 19.8 Å². The molecule has 0 spiro atoms. The summed E-state index contributed by atoms with van der Waals surface area (Å²) in [6.07, 6.45) is 2.34. The minimum Gasteiger partial charge on any atom is -0.339 e. The van der Waals surface area contributed by atoms with Crippen LogP contribution < -0.4 is 5.32 Å². The summed E-state index contributed by atoms with van der Waals surface area (Å²) in [5.74, 6) is 0.483. The number of carbonyl (C=O) groups is 1. The summed E-state index contributed by atoms with van der Waals surface area (Å²) in [5.41, 5.74) is 0.491. The highest BCUT2D eigenvalue weighted by molar-refractivity contribution is 6.35. The van der Waals surface area contributed by atoms with E-state index in [0.717, 1.165) is 19.6 Å². The maximum atomic E-state index is 12.6. The SMILES string of the molecule is CCN(CC1CCCNC1)C(=O)c1cc(Cl)ccc1Cl. The number of amides is 1. The van der Waals surface area contributed by atoms with Gasteiger partial charge < -0.3 is 10.2 Å². The Morgan fingerprint density at radius 1 is 1.45 bits per heavy atom. The first-order chi connectivity index (χ1) is 9.61. The van der Waals surface area contributed by atoms with Crippen LogP contribution in [0, 0.1) is 5.92 Å². The van der Waals surface area contributed by atoms with Gasteiger partial charge in [-0.2, -0.15) is 0 Å². The number of halogens is 2. The highest BCUT2D eigenvalue weighted by atomic mass is 35.5. The molecule has 0 radical (unpaired) electrons. The third kappa shape index (κ3) is 3.87. The van der Waals surface area contributed by atoms with Crippen LogP contribution in [0.1, 0.15) is 30.1 Å². The molecule has 1 N–H and O–H groups in total. The molecule has 1 fully saturated rings. The summed E-state index contributed by atoms with van der Waals surface area (Å²) >= 11 is 12.1. The predicted molar refractivity (Wildman–Crippen MR) is 83.6 cm³/mol. The van der Waals surface area contributed by atoms with Crippen LogP contribution in [0.4, 0.5) is 0 Å². The molecule has 1 heterocycles. The molecule has 1 aliphatic heterocycles. The molecule has 1 aromatic rings. The van der Waals surface area contributed by atoms with Gasteiger partial charge in [0.2, 0.25) is 0 Å². The van der Waals surface area contributed by atoms with E-state index >= 15 is 0 Å². The van der Waals surface area contributed by atoms with E-state index in [1.165, 1.54) is 12.8 Å². The maximum Gasteiger partial charge on any atom is 0.255 e. The fourth-order valence-electron chi connectivity index (χ4n) is 2.58. The molecule has 0 aliphatic carbocycles. The van der Waals surface area contributed by atoms with Gasteiger partial charge in [0, 0.05) is 18.1 Å². The largest absolute Gasteiger partial charge is 0.339 e. The van der Waals surface area contributed by atoms with Crippen LogP contribution in [-0.2, 0) is 0 Å². The Labute approximate surface area is 130 Å². The average molecular weight is 315 g/mol. The standard InChI is InChI=1S/C15H20Cl2N2O/c1-2-19(10-11-4-3-7-18-9-11)15(20)13-8-12(16)5-6-14(13)17/h5-6,8,11,18H,2-4,7,9-10H2,1H3. The highest BCUT2D eigenvalue weighted by Crippen LogP contribution is 2.23. The van der Waals surface area contributed by atoms with Gasteiger partial charge in [0.15, 0.2) is 0 Å².